The lowest BCUT2D eigenvalue weighted by Gasteiger charge is -2.22. The molecule has 0 aliphatic carbocycles. The molecule has 2 aromatic carbocycles. The van der Waals surface area contributed by atoms with E-state index in [-0.39, 0.29) is 11.7 Å². The number of unbranched alkanes of at least 4 members (excludes halogenated alkanes) is 3. The minimum atomic E-state index is -0.635. The fourth-order valence-corrected chi connectivity index (χ4v) is 4.56. The number of amides is 2. The van der Waals surface area contributed by atoms with E-state index in [9.17, 15) is 14.7 Å². The average Bonchev–Trinajstić information content (AvgIpc) is 2.90. The van der Waals surface area contributed by atoms with E-state index in [0.717, 1.165) is 31.2 Å². The van der Waals surface area contributed by atoms with Crippen LogP contribution in [0, 0.1) is 0 Å². The molecule has 1 atom stereocenters. The number of nitrogens with zero attached hydrogens (tertiary/aromatic N) is 1. The highest BCUT2D eigenvalue weighted by atomic mass is 35.5. The van der Waals surface area contributed by atoms with E-state index in [0.29, 0.717) is 53.2 Å². The van der Waals surface area contributed by atoms with Gasteiger partial charge in [-0.1, -0.05) is 43.5 Å². The third-order valence-corrected chi connectivity index (χ3v) is 6.45. The lowest BCUT2D eigenvalue weighted by Crippen LogP contribution is -2.32. The first-order valence-corrected chi connectivity index (χ1v) is 14.2. The Morgan fingerprint density at radius 3 is 2.60 bits per heavy atom. The van der Waals surface area contributed by atoms with E-state index in [1.165, 1.54) is 0 Å². The normalized spacial score (nSPS) is 12.1. The smallest absolute Gasteiger partial charge is 0.407 e. The number of nitrogens with one attached hydrogen (secondary N) is 2. The molecule has 0 radical (unpaired) electrons. The van der Waals surface area contributed by atoms with Gasteiger partial charge in [-0.25, -0.2) is 4.79 Å². The number of phenols is 1. The van der Waals surface area contributed by atoms with E-state index < -0.39 is 17.7 Å². The fraction of sp³-hybridized carbons (Fsp3) is 0.452. The van der Waals surface area contributed by atoms with Gasteiger partial charge in [0.1, 0.15) is 22.6 Å². The van der Waals surface area contributed by atoms with E-state index >= 15 is 0 Å². The number of aromatic nitrogens is 1. The van der Waals surface area contributed by atoms with Crippen LogP contribution in [-0.4, -0.2) is 40.8 Å². The highest BCUT2D eigenvalue weighted by Gasteiger charge is 2.23. The second kappa shape index (κ2) is 14.7. The lowest BCUT2D eigenvalue weighted by atomic mass is 9.95. The zero-order chi connectivity index (χ0) is 29.1. The summed E-state index contributed by atoms with van der Waals surface area (Å²) in [7, 11) is 0. The summed E-state index contributed by atoms with van der Waals surface area (Å²) in [6.07, 6.45) is 5.91. The van der Waals surface area contributed by atoms with E-state index in [4.69, 9.17) is 21.1 Å². The number of phenolic OH excluding ortho intramolecular Hbond substituents is 1. The Morgan fingerprint density at radius 2 is 1.85 bits per heavy atom. The number of carbonyl (C=O) groups excluding carboxylic acids is 2. The Kier molecular flexibility index (Phi) is 11.4. The number of fused-ring (bicyclic) bond motifs is 1. The highest BCUT2D eigenvalue weighted by Crippen LogP contribution is 2.39. The quantitative estimate of drug-likeness (QED) is 0.190. The van der Waals surface area contributed by atoms with Crippen LogP contribution in [0.15, 0.2) is 48.7 Å². The van der Waals surface area contributed by atoms with Crippen molar-refractivity contribution in [3.05, 3.63) is 64.8 Å². The molecule has 9 heteroatoms. The van der Waals surface area contributed by atoms with Crippen molar-refractivity contribution in [1.29, 1.82) is 0 Å². The first-order valence-electron chi connectivity index (χ1n) is 13.8. The van der Waals surface area contributed by atoms with E-state index in [1.54, 1.807) is 24.4 Å². The first-order chi connectivity index (χ1) is 19.1. The molecule has 0 aliphatic rings. The molecule has 216 valence electrons. The summed E-state index contributed by atoms with van der Waals surface area (Å²) in [6.45, 7) is 8.56. The highest BCUT2D eigenvalue weighted by molar-refractivity contribution is 6.35. The summed E-state index contributed by atoms with van der Waals surface area (Å²) in [5.74, 6) is 0.522. The van der Waals surface area contributed by atoms with Gasteiger partial charge in [0.2, 0.25) is 5.91 Å². The van der Waals surface area contributed by atoms with Crippen molar-refractivity contribution >= 4 is 34.5 Å². The summed E-state index contributed by atoms with van der Waals surface area (Å²) >= 11 is 6.55. The van der Waals surface area contributed by atoms with Gasteiger partial charge in [0.25, 0.3) is 0 Å². The van der Waals surface area contributed by atoms with Gasteiger partial charge >= 0.3 is 6.09 Å². The number of benzene rings is 2. The van der Waals surface area contributed by atoms with Crippen LogP contribution in [-0.2, 0) is 9.53 Å². The fourth-order valence-electron chi connectivity index (χ4n) is 4.29. The molecule has 1 unspecified atom stereocenters. The van der Waals surface area contributed by atoms with Crippen LogP contribution in [0.2, 0.25) is 5.02 Å². The Labute approximate surface area is 241 Å². The maximum absolute atomic E-state index is 12.7. The van der Waals surface area contributed by atoms with Gasteiger partial charge in [0.15, 0.2) is 0 Å². The standard InChI is InChI=1S/C31H40ClN3O5/c1-5-12-26(36)35-27(24-20-25(32)23-15-11-17-33-28(23)29(24)37)21-13-10-14-22(19-21)39-18-9-7-6-8-16-34-30(38)40-31(2,3)4/h10-11,13-15,17,19-20,27,37H,5-9,12,16,18H2,1-4H3,(H,34,38)(H,35,36). The largest absolute Gasteiger partial charge is 0.505 e. The zero-order valence-corrected chi connectivity index (χ0v) is 24.5. The molecule has 3 aromatic rings. The van der Waals surface area contributed by atoms with Crippen molar-refractivity contribution in [3.63, 3.8) is 0 Å². The number of rotatable bonds is 13. The molecule has 2 amide bonds. The molecule has 1 heterocycles. The molecule has 0 saturated heterocycles. The number of ether oxygens (including phenoxy) is 2. The molecule has 0 bridgehead atoms. The second-order valence-electron chi connectivity index (χ2n) is 10.7. The minimum Gasteiger partial charge on any atom is -0.505 e. The van der Waals surface area contributed by atoms with Crippen molar-refractivity contribution in [2.75, 3.05) is 13.2 Å². The van der Waals surface area contributed by atoms with Gasteiger partial charge in [-0.05, 0) is 75.9 Å². The number of hydrogen-bond acceptors (Lipinski definition) is 6. The van der Waals surface area contributed by atoms with Gasteiger partial charge in [0.05, 0.1) is 17.7 Å². The zero-order valence-electron chi connectivity index (χ0n) is 23.8. The predicted octanol–water partition coefficient (Wildman–Crippen LogP) is 7.06. The van der Waals surface area contributed by atoms with Gasteiger partial charge in [-0.15, -0.1) is 0 Å². The maximum atomic E-state index is 12.7. The second-order valence-corrected chi connectivity index (χ2v) is 11.1. The van der Waals surface area contributed by atoms with E-state index in [2.05, 4.69) is 15.6 Å². The minimum absolute atomic E-state index is 0.0192. The van der Waals surface area contributed by atoms with Crippen LogP contribution in [0.5, 0.6) is 11.5 Å². The number of aromatic hydroxyl groups is 1. The first kappa shape index (κ1) is 31.0. The third kappa shape index (κ3) is 9.30. The number of hydrogen-bond donors (Lipinski definition) is 3. The molecule has 0 fully saturated rings. The molecular weight excluding hydrogens is 530 g/mol. The van der Waals surface area contributed by atoms with Crippen LogP contribution in [0.3, 0.4) is 0 Å². The summed E-state index contributed by atoms with van der Waals surface area (Å²) in [4.78, 5) is 28.7. The van der Waals surface area contributed by atoms with Crippen molar-refractivity contribution < 1.29 is 24.2 Å². The Morgan fingerprint density at radius 1 is 1.07 bits per heavy atom. The van der Waals surface area contributed by atoms with Gasteiger partial charge in [-0.3, -0.25) is 9.78 Å². The number of alkyl carbamates (subject to hydrolysis) is 1. The van der Waals surface area contributed by atoms with Gasteiger partial charge < -0.3 is 25.2 Å². The van der Waals surface area contributed by atoms with Crippen molar-refractivity contribution in [2.24, 2.45) is 0 Å². The molecule has 8 nitrogen and oxygen atoms in total. The van der Waals surface area contributed by atoms with Crippen LogP contribution in [0.4, 0.5) is 4.79 Å². The monoisotopic (exact) mass is 569 g/mol. The van der Waals surface area contributed by atoms with Crippen LogP contribution in [0.25, 0.3) is 10.9 Å². The van der Waals surface area contributed by atoms with Crippen molar-refractivity contribution in [3.8, 4) is 11.5 Å². The van der Waals surface area contributed by atoms with Crippen molar-refractivity contribution in [1.82, 2.24) is 15.6 Å². The molecule has 40 heavy (non-hydrogen) atoms. The molecule has 3 rings (SSSR count). The summed E-state index contributed by atoms with van der Waals surface area (Å²) in [5.41, 5.74) is 1.11. The van der Waals surface area contributed by atoms with Crippen molar-refractivity contribution in [2.45, 2.75) is 77.9 Å². The maximum Gasteiger partial charge on any atom is 0.407 e. The average molecular weight is 570 g/mol. The van der Waals surface area contributed by atoms with Gasteiger partial charge in [-0.2, -0.15) is 0 Å². The Bertz CT molecular complexity index is 1290. The SMILES string of the molecule is CCCC(=O)NC(c1cccc(OCCCCCCNC(=O)OC(C)(C)C)c1)c1cc(Cl)c2cccnc2c1O. The molecule has 0 aliphatic heterocycles. The predicted molar refractivity (Wildman–Crippen MR) is 158 cm³/mol. The topological polar surface area (TPSA) is 110 Å². The lowest BCUT2D eigenvalue weighted by molar-refractivity contribution is -0.121. The summed E-state index contributed by atoms with van der Waals surface area (Å²) in [6, 6.07) is 12.1. The van der Waals surface area contributed by atoms with E-state index in [1.807, 2.05) is 52.0 Å². The molecule has 1 aromatic heterocycles. The molecular formula is C31H40ClN3O5. The molecule has 0 saturated carbocycles. The molecule has 3 N–H and O–H groups in total. The Balaban J connectivity index is 1.62. The number of carbonyl (C=O) groups is 2. The van der Waals surface area contributed by atoms with Gasteiger partial charge in [0, 0.05) is 30.1 Å². The van der Waals surface area contributed by atoms with Crippen LogP contribution < -0.4 is 15.4 Å². The molecule has 0 spiro atoms. The van der Waals surface area contributed by atoms with Crippen LogP contribution >= 0.6 is 11.6 Å². The number of pyridine rings is 1. The number of halogens is 1. The third-order valence-electron chi connectivity index (χ3n) is 6.14. The summed E-state index contributed by atoms with van der Waals surface area (Å²) in [5, 5.41) is 18.0. The Hall–Kier alpha value is -3.52. The summed E-state index contributed by atoms with van der Waals surface area (Å²) < 4.78 is 11.2. The van der Waals surface area contributed by atoms with Crippen LogP contribution in [0.1, 0.15) is 83.4 Å².